The number of hydrogen-bond donors (Lipinski definition) is 1. The first-order chi connectivity index (χ1) is 15.3. The lowest BCUT2D eigenvalue weighted by Crippen LogP contribution is -2.26. The van der Waals surface area contributed by atoms with E-state index in [1.165, 1.54) is 32.7 Å². The van der Waals surface area contributed by atoms with Gasteiger partial charge in [0.25, 0.3) is 0 Å². The minimum absolute atomic E-state index is 0.0892. The fourth-order valence-corrected chi connectivity index (χ4v) is 4.73. The fraction of sp³-hybridized carbons (Fsp3) is 0.222. The molecule has 0 bridgehead atoms. The van der Waals surface area contributed by atoms with E-state index in [2.05, 4.69) is 85.1 Å². The van der Waals surface area contributed by atoms with Crippen molar-refractivity contribution in [2.75, 3.05) is 18.9 Å². The van der Waals surface area contributed by atoms with Crippen molar-refractivity contribution in [2.45, 2.75) is 24.2 Å². The number of amides is 1. The Morgan fingerprint density at radius 1 is 1.00 bits per heavy atom. The summed E-state index contributed by atoms with van der Waals surface area (Å²) < 4.78 is 5.57. The maximum atomic E-state index is 12.2. The first-order valence-corrected chi connectivity index (χ1v) is 11.7. The van der Waals surface area contributed by atoms with Gasteiger partial charge in [-0.25, -0.2) is 4.79 Å². The van der Waals surface area contributed by atoms with Crippen molar-refractivity contribution in [3.05, 3.63) is 95.6 Å². The van der Waals surface area contributed by atoms with Crippen LogP contribution in [0.2, 0.25) is 0 Å². The number of carbonyl (C=O) groups is 1. The zero-order valence-electron chi connectivity index (χ0n) is 17.7. The predicted octanol–water partition coefficient (Wildman–Crippen LogP) is 6.74. The van der Waals surface area contributed by atoms with Crippen LogP contribution in [0.5, 0.6) is 0 Å². The van der Waals surface area contributed by atoms with Gasteiger partial charge in [0.15, 0.2) is 0 Å². The Balaban J connectivity index is 1.25. The van der Waals surface area contributed by atoms with Crippen LogP contribution in [0.3, 0.4) is 0 Å². The highest BCUT2D eigenvalue weighted by Crippen LogP contribution is 2.44. The van der Waals surface area contributed by atoms with Crippen molar-refractivity contribution < 1.29 is 9.53 Å². The van der Waals surface area contributed by atoms with Crippen molar-refractivity contribution in [1.82, 2.24) is 5.32 Å². The van der Waals surface area contributed by atoms with Gasteiger partial charge in [-0.2, -0.15) is 0 Å². The summed E-state index contributed by atoms with van der Waals surface area (Å²) in [7, 11) is 0. The Hall–Kier alpha value is -2.98. The Bertz CT molecular complexity index is 1030. The van der Waals surface area contributed by atoms with Crippen LogP contribution < -0.4 is 5.32 Å². The summed E-state index contributed by atoms with van der Waals surface area (Å²) >= 11 is 1.84. The number of rotatable bonds is 8. The molecule has 4 rings (SSSR count). The molecule has 0 radical (unpaired) electrons. The summed E-state index contributed by atoms with van der Waals surface area (Å²) in [5.41, 5.74) is 6.10. The van der Waals surface area contributed by atoms with Crippen LogP contribution in [0.1, 0.15) is 36.0 Å². The Labute approximate surface area is 188 Å². The maximum Gasteiger partial charge on any atom is 0.407 e. The average Bonchev–Trinajstić information content (AvgIpc) is 3.12. The zero-order chi connectivity index (χ0) is 21.5. The summed E-state index contributed by atoms with van der Waals surface area (Å²) in [5.74, 6) is 1.16. The molecule has 158 valence electrons. The van der Waals surface area contributed by atoms with Crippen LogP contribution in [0.25, 0.3) is 17.2 Å². The lowest BCUT2D eigenvalue weighted by atomic mass is 9.98. The molecule has 4 heteroatoms. The molecule has 3 nitrogen and oxygen atoms in total. The monoisotopic (exact) mass is 429 g/mol. The highest BCUT2D eigenvalue weighted by atomic mass is 32.2. The van der Waals surface area contributed by atoms with Crippen molar-refractivity contribution in [2.24, 2.45) is 0 Å². The SMILES string of the molecule is CCSc1cccc(C=CCCNC(=O)OCC2c3ccccc3-c3ccccc32)c1. The van der Waals surface area contributed by atoms with Crippen LogP contribution in [0, 0.1) is 0 Å². The van der Waals surface area contributed by atoms with Gasteiger partial charge in [-0.3, -0.25) is 0 Å². The van der Waals surface area contributed by atoms with Crippen LogP contribution in [0.4, 0.5) is 4.79 Å². The Morgan fingerprint density at radius 3 is 2.42 bits per heavy atom. The first-order valence-electron chi connectivity index (χ1n) is 10.7. The third-order valence-corrected chi connectivity index (χ3v) is 6.28. The van der Waals surface area contributed by atoms with Gasteiger partial charge in [0.1, 0.15) is 6.61 Å². The van der Waals surface area contributed by atoms with E-state index in [-0.39, 0.29) is 12.0 Å². The molecule has 31 heavy (non-hydrogen) atoms. The molecular formula is C27H27NO2S. The molecule has 3 aromatic rings. The quantitative estimate of drug-likeness (QED) is 0.318. The van der Waals surface area contributed by atoms with E-state index in [9.17, 15) is 4.79 Å². The minimum atomic E-state index is -0.364. The first kappa shape index (κ1) is 21.3. The largest absolute Gasteiger partial charge is 0.449 e. The molecule has 0 spiro atoms. The van der Waals surface area contributed by atoms with Gasteiger partial charge in [0.2, 0.25) is 0 Å². The molecule has 0 heterocycles. The molecule has 1 N–H and O–H groups in total. The molecule has 0 saturated carbocycles. The number of carbonyl (C=O) groups excluding carboxylic acids is 1. The van der Waals surface area contributed by atoms with Gasteiger partial charge in [-0.15, -0.1) is 11.8 Å². The molecule has 1 aliphatic carbocycles. The average molecular weight is 430 g/mol. The van der Waals surface area contributed by atoms with Crippen LogP contribution in [-0.4, -0.2) is 25.0 Å². The highest BCUT2D eigenvalue weighted by molar-refractivity contribution is 7.99. The number of ether oxygens (including phenoxy) is 1. The third kappa shape index (κ3) is 5.20. The molecular weight excluding hydrogens is 402 g/mol. The second-order valence-corrected chi connectivity index (χ2v) is 8.79. The summed E-state index contributed by atoms with van der Waals surface area (Å²) in [6.45, 7) is 3.05. The molecule has 1 aliphatic rings. The Kier molecular flexibility index (Phi) is 7.11. The molecule has 3 aromatic carbocycles. The number of fused-ring (bicyclic) bond motifs is 3. The summed E-state index contributed by atoms with van der Waals surface area (Å²) in [4.78, 5) is 13.5. The molecule has 0 aromatic heterocycles. The lowest BCUT2D eigenvalue weighted by Gasteiger charge is -2.14. The molecule has 0 saturated heterocycles. The standard InChI is InChI=1S/C27H27NO2S/c1-2-31-21-12-9-11-20(18-21)10-7-8-17-28-27(29)30-19-26-24-15-5-3-13-22(24)23-14-4-6-16-25(23)26/h3-7,9-16,18,26H,2,8,17,19H2,1H3,(H,28,29). The third-order valence-electron chi connectivity index (χ3n) is 5.40. The molecule has 0 atom stereocenters. The second-order valence-electron chi connectivity index (χ2n) is 7.45. The van der Waals surface area contributed by atoms with Gasteiger partial charge in [-0.1, -0.05) is 79.7 Å². The second kappa shape index (κ2) is 10.4. The van der Waals surface area contributed by atoms with Crippen LogP contribution in [-0.2, 0) is 4.74 Å². The van der Waals surface area contributed by atoms with Crippen LogP contribution in [0.15, 0.2) is 83.8 Å². The smallest absolute Gasteiger partial charge is 0.407 e. The van der Waals surface area contributed by atoms with Crippen LogP contribution >= 0.6 is 11.8 Å². The van der Waals surface area contributed by atoms with E-state index >= 15 is 0 Å². The maximum absolute atomic E-state index is 12.2. The van der Waals surface area contributed by atoms with E-state index in [1.807, 2.05) is 23.9 Å². The van der Waals surface area contributed by atoms with E-state index < -0.39 is 0 Å². The predicted molar refractivity (Wildman–Crippen MR) is 130 cm³/mol. The van der Waals surface area contributed by atoms with Gasteiger partial charge in [0.05, 0.1) is 0 Å². The van der Waals surface area contributed by atoms with Crippen molar-refractivity contribution in [1.29, 1.82) is 0 Å². The summed E-state index contributed by atoms with van der Waals surface area (Å²) in [6.07, 6.45) is 4.57. The number of alkyl carbamates (subject to hydrolysis) is 1. The molecule has 0 unspecified atom stereocenters. The van der Waals surface area contributed by atoms with Gasteiger partial charge >= 0.3 is 6.09 Å². The fourth-order valence-electron chi connectivity index (χ4n) is 4.00. The molecule has 1 amide bonds. The Morgan fingerprint density at radius 2 is 1.71 bits per heavy atom. The topological polar surface area (TPSA) is 38.3 Å². The van der Waals surface area contributed by atoms with E-state index in [0.717, 1.165) is 12.2 Å². The van der Waals surface area contributed by atoms with Crippen molar-refractivity contribution in [3.8, 4) is 11.1 Å². The van der Waals surface area contributed by atoms with Crippen molar-refractivity contribution in [3.63, 3.8) is 0 Å². The van der Waals surface area contributed by atoms with Gasteiger partial charge in [0, 0.05) is 17.4 Å². The molecule has 0 aliphatic heterocycles. The van der Waals surface area contributed by atoms with E-state index in [0.29, 0.717) is 13.2 Å². The molecule has 0 fully saturated rings. The minimum Gasteiger partial charge on any atom is -0.449 e. The van der Waals surface area contributed by atoms with E-state index in [4.69, 9.17) is 4.74 Å². The van der Waals surface area contributed by atoms with Gasteiger partial charge in [-0.05, 0) is 52.1 Å². The lowest BCUT2D eigenvalue weighted by molar-refractivity contribution is 0.143. The summed E-state index contributed by atoms with van der Waals surface area (Å²) in [5, 5.41) is 2.86. The number of benzene rings is 3. The normalized spacial score (nSPS) is 12.5. The van der Waals surface area contributed by atoms with E-state index in [1.54, 1.807) is 0 Å². The number of nitrogens with one attached hydrogen (secondary N) is 1. The number of hydrogen-bond acceptors (Lipinski definition) is 3. The summed E-state index contributed by atoms with van der Waals surface area (Å²) in [6, 6.07) is 25.2. The van der Waals surface area contributed by atoms with Crippen molar-refractivity contribution >= 4 is 23.9 Å². The van der Waals surface area contributed by atoms with Gasteiger partial charge < -0.3 is 10.1 Å². The zero-order valence-corrected chi connectivity index (χ0v) is 18.5. The number of thioether (sulfide) groups is 1. The highest BCUT2D eigenvalue weighted by Gasteiger charge is 2.28.